The van der Waals surface area contributed by atoms with Crippen molar-refractivity contribution in [3.8, 4) is 0 Å². The number of hydrogen-bond acceptors (Lipinski definition) is 4. The first kappa shape index (κ1) is 20.0. The summed E-state index contributed by atoms with van der Waals surface area (Å²) in [5.41, 5.74) is 3.08. The molecule has 0 radical (unpaired) electrons. The normalized spacial score (nSPS) is 17.4. The average Bonchev–Trinajstić information content (AvgIpc) is 3.57. The number of carbonyl (C=O) groups excluding carboxylic acids is 1. The Hall–Kier alpha value is -2.28. The lowest BCUT2D eigenvalue weighted by Gasteiger charge is -2.26. The molecule has 5 nitrogen and oxygen atoms in total. The molecule has 2 fully saturated rings. The van der Waals surface area contributed by atoms with Gasteiger partial charge in [-0.25, -0.2) is 4.39 Å². The van der Waals surface area contributed by atoms with Crippen molar-refractivity contribution in [1.29, 1.82) is 0 Å². The third kappa shape index (κ3) is 6.10. The fraction of sp³-hybridized carbons (Fsp3) is 0.435. The second kappa shape index (κ2) is 9.48. The van der Waals surface area contributed by atoms with Crippen molar-refractivity contribution in [1.82, 2.24) is 9.80 Å². The maximum atomic E-state index is 13.1. The maximum Gasteiger partial charge on any atom is 0.238 e. The summed E-state index contributed by atoms with van der Waals surface area (Å²) in [4.78, 5) is 17.1. The van der Waals surface area contributed by atoms with Gasteiger partial charge < -0.3 is 10.1 Å². The van der Waals surface area contributed by atoms with Gasteiger partial charge in [-0.1, -0.05) is 24.3 Å². The molecule has 1 aliphatic carbocycles. The van der Waals surface area contributed by atoms with Crippen LogP contribution in [0.25, 0.3) is 0 Å². The van der Waals surface area contributed by atoms with Crippen LogP contribution in [0.15, 0.2) is 48.5 Å². The highest BCUT2D eigenvalue weighted by Crippen LogP contribution is 2.28. The van der Waals surface area contributed by atoms with E-state index in [2.05, 4.69) is 27.2 Å². The fourth-order valence-electron chi connectivity index (χ4n) is 3.67. The molecule has 1 aliphatic heterocycles. The molecule has 2 aliphatic rings. The van der Waals surface area contributed by atoms with Crippen LogP contribution in [0.3, 0.4) is 0 Å². The van der Waals surface area contributed by atoms with E-state index in [1.807, 2.05) is 12.1 Å². The van der Waals surface area contributed by atoms with Crippen LogP contribution >= 0.6 is 0 Å². The summed E-state index contributed by atoms with van der Waals surface area (Å²) < 4.78 is 18.5. The molecule has 0 spiro atoms. The smallest absolute Gasteiger partial charge is 0.238 e. The largest absolute Gasteiger partial charge is 0.379 e. The SMILES string of the molecule is O=C(CN(Cc1ccc(F)cc1)C1CC1)Nc1ccc(CN2CCOCC2)cc1. The summed E-state index contributed by atoms with van der Waals surface area (Å²) in [6, 6.07) is 15.0. The lowest BCUT2D eigenvalue weighted by atomic mass is 10.2. The number of rotatable bonds is 8. The number of anilines is 1. The van der Waals surface area contributed by atoms with Crippen LogP contribution < -0.4 is 5.32 Å². The van der Waals surface area contributed by atoms with Gasteiger partial charge in [0.25, 0.3) is 0 Å². The molecule has 2 aromatic rings. The van der Waals surface area contributed by atoms with Gasteiger partial charge in [0.15, 0.2) is 0 Å². The number of halogens is 1. The van der Waals surface area contributed by atoms with Crippen molar-refractivity contribution >= 4 is 11.6 Å². The van der Waals surface area contributed by atoms with Gasteiger partial charge in [-0.15, -0.1) is 0 Å². The Bertz CT molecular complexity index is 800. The van der Waals surface area contributed by atoms with E-state index >= 15 is 0 Å². The number of amides is 1. The summed E-state index contributed by atoms with van der Waals surface area (Å²) in [6.45, 7) is 5.43. The molecule has 4 rings (SSSR count). The number of nitrogens with zero attached hydrogens (tertiary/aromatic N) is 2. The van der Waals surface area contributed by atoms with Gasteiger partial charge in [0.05, 0.1) is 19.8 Å². The molecule has 1 saturated heterocycles. The summed E-state index contributed by atoms with van der Waals surface area (Å²) in [5.74, 6) is -0.249. The van der Waals surface area contributed by atoms with Gasteiger partial charge in [-0.05, 0) is 48.2 Å². The number of morpholine rings is 1. The van der Waals surface area contributed by atoms with Crippen LogP contribution in [0.1, 0.15) is 24.0 Å². The molecule has 2 aromatic carbocycles. The van der Waals surface area contributed by atoms with Crippen molar-refractivity contribution < 1.29 is 13.9 Å². The van der Waals surface area contributed by atoms with Crippen LogP contribution in [-0.2, 0) is 22.6 Å². The minimum absolute atomic E-state index is 0.0139. The molecule has 0 atom stereocenters. The van der Waals surface area contributed by atoms with Crippen molar-refractivity contribution in [2.24, 2.45) is 0 Å². The topological polar surface area (TPSA) is 44.8 Å². The van der Waals surface area contributed by atoms with Gasteiger partial charge in [0, 0.05) is 37.9 Å². The second-order valence-electron chi connectivity index (χ2n) is 7.90. The Morgan fingerprint density at radius 1 is 1.03 bits per heavy atom. The van der Waals surface area contributed by atoms with Crippen molar-refractivity contribution in [2.45, 2.75) is 32.0 Å². The molecule has 0 aromatic heterocycles. The number of hydrogen-bond donors (Lipinski definition) is 1. The van der Waals surface area contributed by atoms with Gasteiger partial charge in [-0.2, -0.15) is 0 Å². The van der Waals surface area contributed by atoms with Gasteiger partial charge >= 0.3 is 0 Å². The van der Waals surface area contributed by atoms with Gasteiger partial charge in [-0.3, -0.25) is 14.6 Å². The molecule has 1 heterocycles. The first-order valence-electron chi connectivity index (χ1n) is 10.3. The summed E-state index contributed by atoms with van der Waals surface area (Å²) in [7, 11) is 0. The highest BCUT2D eigenvalue weighted by Gasteiger charge is 2.30. The zero-order valence-electron chi connectivity index (χ0n) is 16.6. The predicted octanol–water partition coefficient (Wildman–Crippen LogP) is 3.26. The molecule has 29 heavy (non-hydrogen) atoms. The van der Waals surface area contributed by atoms with Crippen LogP contribution in [-0.4, -0.2) is 54.6 Å². The lowest BCUT2D eigenvalue weighted by Crippen LogP contribution is -2.35. The number of nitrogens with one attached hydrogen (secondary N) is 1. The number of carbonyl (C=O) groups is 1. The van der Waals surface area contributed by atoms with E-state index in [0.717, 1.165) is 56.9 Å². The Morgan fingerprint density at radius 3 is 2.34 bits per heavy atom. The van der Waals surface area contributed by atoms with E-state index in [1.54, 1.807) is 12.1 Å². The van der Waals surface area contributed by atoms with Crippen LogP contribution in [0.5, 0.6) is 0 Å². The standard InChI is InChI=1S/C23H28FN3O2/c24-20-5-1-19(2-6-20)16-27(22-9-10-22)17-23(28)25-21-7-3-18(4-8-21)15-26-11-13-29-14-12-26/h1-8,22H,9-17H2,(H,25,28). The number of benzene rings is 2. The van der Waals surface area contributed by atoms with Crippen LogP contribution in [0.2, 0.25) is 0 Å². The van der Waals surface area contributed by atoms with Crippen LogP contribution in [0, 0.1) is 5.82 Å². The molecule has 1 N–H and O–H groups in total. The van der Waals surface area contributed by atoms with Gasteiger partial charge in [0.2, 0.25) is 5.91 Å². The highest BCUT2D eigenvalue weighted by molar-refractivity contribution is 5.92. The lowest BCUT2D eigenvalue weighted by molar-refractivity contribution is -0.117. The molecular formula is C23H28FN3O2. The summed E-state index contributed by atoms with van der Waals surface area (Å²) >= 11 is 0. The third-order valence-electron chi connectivity index (χ3n) is 5.46. The number of ether oxygens (including phenoxy) is 1. The van der Waals surface area contributed by atoms with Crippen molar-refractivity contribution in [2.75, 3.05) is 38.2 Å². The van der Waals surface area contributed by atoms with E-state index in [-0.39, 0.29) is 11.7 Å². The van der Waals surface area contributed by atoms with Crippen molar-refractivity contribution in [3.05, 3.63) is 65.5 Å². The molecule has 0 bridgehead atoms. The Labute approximate surface area is 171 Å². The first-order chi connectivity index (χ1) is 14.2. The summed E-state index contributed by atoms with van der Waals surface area (Å²) in [6.07, 6.45) is 2.23. The predicted molar refractivity (Wildman–Crippen MR) is 111 cm³/mol. The molecule has 1 amide bonds. The van der Waals surface area contributed by atoms with E-state index in [9.17, 15) is 9.18 Å². The first-order valence-corrected chi connectivity index (χ1v) is 10.3. The molecule has 0 unspecified atom stereocenters. The quantitative estimate of drug-likeness (QED) is 0.743. The maximum absolute atomic E-state index is 13.1. The van der Waals surface area contributed by atoms with Crippen LogP contribution in [0.4, 0.5) is 10.1 Å². The molecule has 6 heteroatoms. The fourth-order valence-corrected chi connectivity index (χ4v) is 3.67. The third-order valence-corrected chi connectivity index (χ3v) is 5.46. The molecular weight excluding hydrogens is 369 g/mol. The summed E-state index contributed by atoms with van der Waals surface area (Å²) in [5, 5.41) is 3.01. The molecule has 1 saturated carbocycles. The van der Waals surface area contributed by atoms with E-state index < -0.39 is 0 Å². The average molecular weight is 397 g/mol. The highest BCUT2D eigenvalue weighted by atomic mass is 19.1. The minimum atomic E-state index is -0.235. The minimum Gasteiger partial charge on any atom is -0.379 e. The Balaban J connectivity index is 1.29. The zero-order chi connectivity index (χ0) is 20.1. The monoisotopic (exact) mass is 397 g/mol. The Morgan fingerprint density at radius 2 is 1.69 bits per heavy atom. The van der Waals surface area contributed by atoms with E-state index in [0.29, 0.717) is 19.1 Å². The zero-order valence-corrected chi connectivity index (χ0v) is 16.6. The van der Waals surface area contributed by atoms with E-state index in [4.69, 9.17) is 4.74 Å². The molecule has 154 valence electrons. The van der Waals surface area contributed by atoms with Crippen molar-refractivity contribution in [3.63, 3.8) is 0 Å². The van der Waals surface area contributed by atoms with Gasteiger partial charge in [0.1, 0.15) is 5.82 Å². The Kier molecular flexibility index (Phi) is 6.54. The van der Waals surface area contributed by atoms with E-state index in [1.165, 1.54) is 17.7 Å². The second-order valence-corrected chi connectivity index (χ2v) is 7.90.